The zero-order valence-electron chi connectivity index (χ0n) is 26.5. The van der Waals surface area contributed by atoms with Gasteiger partial charge in [0, 0.05) is 63.1 Å². The second kappa shape index (κ2) is 18.8. The van der Waals surface area contributed by atoms with Crippen LogP contribution < -0.4 is 4.90 Å². The molecule has 6 rings (SSSR count). The molecule has 5 aromatic rings. The highest BCUT2D eigenvalue weighted by Gasteiger charge is 2.18. The lowest BCUT2D eigenvalue weighted by atomic mass is 10.0. The van der Waals surface area contributed by atoms with E-state index in [4.69, 9.17) is 21.8 Å². The van der Waals surface area contributed by atoms with Crippen LogP contribution in [0, 0.1) is 11.6 Å². The van der Waals surface area contributed by atoms with Gasteiger partial charge in [0.05, 0.1) is 0 Å². The molecule has 1 saturated heterocycles. The Kier molecular flexibility index (Phi) is 13.9. The van der Waals surface area contributed by atoms with Crippen LogP contribution in [0.2, 0.25) is 0 Å². The minimum Gasteiger partial charge on any atom is -0.478 e. The summed E-state index contributed by atoms with van der Waals surface area (Å²) in [5.41, 5.74) is 6.57. The van der Waals surface area contributed by atoms with E-state index in [1.807, 2.05) is 42.5 Å². The molecule has 0 aliphatic carbocycles. The number of benzene rings is 4. The van der Waals surface area contributed by atoms with Crippen molar-refractivity contribution in [3.8, 4) is 22.3 Å². The predicted molar refractivity (Wildman–Crippen MR) is 187 cm³/mol. The number of aromatic nitrogens is 2. The van der Waals surface area contributed by atoms with Gasteiger partial charge >= 0.3 is 11.9 Å². The molecule has 0 spiro atoms. The van der Waals surface area contributed by atoms with Crippen LogP contribution in [0.4, 0.5) is 14.7 Å². The van der Waals surface area contributed by atoms with E-state index in [1.54, 1.807) is 24.5 Å². The van der Waals surface area contributed by atoms with E-state index in [0.29, 0.717) is 18.0 Å². The molecule has 0 unspecified atom stereocenters. The summed E-state index contributed by atoms with van der Waals surface area (Å²) in [5, 5.41) is 15.6. The van der Waals surface area contributed by atoms with Crippen LogP contribution >= 0.6 is 11.6 Å². The van der Waals surface area contributed by atoms with Crippen molar-refractivity contribution in [3.63, 3.8) is 0 Å². The van der Waals surface area contributed by atoms with Crippen LogP contribution in [0.3, 0.4) is 0 Å². The minimum absolute atomic E-state index is 0.204. The molecule has 252 valence electrons. The smallest absolute Gasteiger partial charge is 0.328 e. The van der Waals surface area contributed by atoms with Gasteiger partial charge in [-0.15, -0.1) is 11.6 Å². The molecule has 2 N–H and O–H groups in total. The molecule has 2 heterocycles. The standard InChI is InChI=1S/C21H21FN4.C13H10ClF.C4H4O4/c22-20-7-5-18(6-8-20)19-4-1-3-17(15-19)16-25-11-13-26(14-12-25)21-23-9-2-10-24-21;14-9-10-2-1-3-12(8-10)11-4-6-13(15)7-5-11;5-3(6)1-2-4(7)8/h1-10,15H,11-14,16H2;1-8H,9H2;1-2H,(H,5,6)(H,7,8)/b;;2-1-. The lowest BCUT2D eigenvalue weighted by Gasteiger charge is -2.34. The fraction of sp³-hybridized carbons (Fsp3) is 0.158. The molecule has 1 fully saturated rings. The maximum atomic E-state index is 13.1. The molecule has 8 nitrogen and oxygen atoms in total. The molecule has 4 aromatic carbocycles. The lowest BCUT2D eigenvalue weighted by Crippen LogP contribution is -2.46. The van der Waals surface area contributed by atoms with E-state index >= 15 is 0 Å². The first kappa shape index (κ1) is 36.4. The molecule has 0 amide bonds. The van der Waals surface area contributed by atoms with Gasteiger partial charge in [-0.05, 0) is 75.8 Å². The number of anilines is 1. The fourth-order valence-corrected chi connectivity index (χ4v) is 5.10. The zero-order valence-corrected chi connectivity index (χ0v) is 27.3. The number of carboxylic acids is 2. The highest BCUT2D eigenvalue weighted by atomic mass is 35.5. The summed E-state index contributed by atoms with van der Waals surface area (Å²) >= 11 is 5.75. The Bertz CT molecular complexity index is 1800. The zero-order chi connectivity index (χ0) is 35.0. The van der Waals surface area contributed by atoms with Crippen molar-refractivity contribution in [3.05, 3.63) is 150 Å². The van der Waals surface area contributed by atoms with Gasteiger partial charge in [-0.2, -0.15) is 0 Å². The van der Waals surface area contributed by atoms with Crippen molar-refractivity contribution >= 4 is 29.5 Å². The average Bonchev–Trinajstić information content (AvgIpc) is 3.13. The number of alkyl halides is 1. The van der Waals surface area contributed by atoms with Gasteiger partial charge in [0.1, 0.15) is 11.6 Å². The minimum atomic E-state index is -1.26. The van der Waals surface area contributed by atoms with E-state index in [9.17, 15) is 18.4 Å². The van der Waals surface area contributed by atoms with Crippen molar-refractivity contribution in [2.75, 3.05) is 31.1 Å². The monoisotopic (exact) mass is 684 g/mol. The van der Waals surface area contributed by atoms with Gasteiger partial charge < -0.3 is 15.1 Å². The molecule has 1 aromatic heterocycles. The molecule has 0 saturated carbocycles. The first-order valence-electron chi connectivity index (χ1n) is 15.3. The molecular formula is C38H35ClF2N4O4. The van der Waals surface area contributed by atoms with Crippen LogP contribution in [0.15, 0.2) is 128 Å². The fourth-order valence-electron chi connectivity index (χ4n) is 4.93. The third-order valence-corrected chi connectivity index (χ3v) is 7.65. The van der Waals surface area contributed by atoms with E-state index in [1.165, 1.54) is 29.8 Å². The van der Waals surface area contributed by atoms with Crippen molar-refractivity contribution in [2.24, 2.45) is 0 Å². The number of rotatable bonds is 8. The molecule has 0 atom stereocenters. The molecule has 0 radical (unpaired) electrons. The summed E-state index contributed by atoms with van der Waals surface area (Å²) in [4.78, 5) is 32.4. The van der Waals surface area contributed by atoms with Crippen LogP contribution in [0.1, 0.15) is 11.1 Å². The van der Waals surface area contributed by atoms with E-state index in [0.717, 1.165) is 66.5 Å². The second-order valence-electron chi connectivity index (χ2n) is 10.9. The number of nitrogens with zero attached hydrogens (tertiary/aromatic N) is 4. The number of hydrogen-bond acceptors (Lipinski definition) is 6. The Balaban J connectivity index is 0.000000198. The van der Waals surface area contributed by atoms with Gasteiger partial charge in [0.15, 0.2) is 0 Å². The maximum Gasteiger partial charge on any atom is 0.328 e. The van der Waals surface area contributed by atoms with Gasteiger partial charge in [-0.1, -0.05) is 60.7 Å². The largest absolute Gasteiger partial charge is 0.478 e. The third kappa shape index (κ3) is 12.3. The average molecular weight is 685 g/mol. The number of carbonyl (C=O) groups is 2. The molecule has 1 aliphatic rings. The highest BCUT2D eigenvalue weighted by molar-refractivity contribution is 6.17. The SMILES string of the molecule is Fc1ccc(-c2cccc(CCl)c2)cc1.Fc1ccc(-c2cccc(CN3CCN(c4ncccn4)CC3)c2)cc1.O=C(O)/C=C\C(=O)O. The summed E-state index contributed by atoms with van der Waals surface area (Å²) in [6.07, 6.45) is 4.69. The molecule has 49 heavy (non-hydrogen) atoms. The maximum absolute atomic E-state index is 13.1. The van der Waals surface area contributed by atoms with Crippen molar-refractivity contribution in [1.82, 2.24) is 14.9 Å². The Morgan fingerprint density at radius 2 is 1.12 bits per heavy atom. The normalized spacial score (nSPS) is 12.8. The van der Waals surface area contributed by atoms with Gasteiger partial charge in [0.2, 0.25) is 5.95 Å². The van der Waals surface area contributed by atoms with Crippen LogP contribution in [0.25, 0.3) is 22.3 Å². The highest BCUT2D eigenvalue weighted by Crippen LogP contribution is 2.23. The summed E-state index contributed by atoms with van der Waals surface area (Å²) in [6.45, 7) is 4.75. The summed E-state index contributed by atoms with van der Waals surface area (Å²) in [6, 6.07) is 31.4. The van der Waals surface area contributed by atoms with Crippen LogP contribution in [-0.4, -0.2) is 63.2 Å². The van der Waals surface area contributed by atoms with Gasteiger partial charge in [-0.25, -0.2) is 28.3 Å². The number of halogens is 3. The summed E-state index contributed by atoms with van der Waals surface area (Å²) < 4.78 is 25.9. The lowest BCUT2D eigenvalue weighted by molar-refractivity contribution is -0.134. The Morgan fingerprint density at radius 1 is 0.653 bits per heavy atom. The van der Waals surface area contributed by atoms with Crippen molar-refractivity contribution in [1.29, 1.82) is 0 Å². The van der Waals surface area contributed by atoms with E-state index in [2.05, 4.69) is 44.0 Å². The van der Waals surface area contributed by atoms with E-state index < -0.39 is 11.9 Å². The number of aliphatic carboxylic acids is 2. The number of piperazine rings is 1. The van der Waals surface area contributed by atoms with Crippen molar-refractivity contribution < 1.29 is 28.6 Å². The quantitative estimate of drug-likeness (QED) is 0.128. The number of carboxylic acid groups (broad SMARTS) is 2. The van der Waals surface area contributed by atoms with Crippen LogP contribution in [0.5, 0.6) is 0 Å². The first-order valence-corrected chi connectivity index (χ1v) is 15.9. The van der Waals surface area contributed by atoms with E-state index in [-0.39, 0.29) is 11.6 Å². The molecular weight excluding hydrogens is 650 g/mol. The summed E-state index contributed by atoms with van der Waals surface area (Å²) in [7, 11) is 0. The molecule has 1 aliphatic heterocycles. The second-order valence-corrected chi connectivity index (χ2v) is 11.1. The topological polar surface area (TPSA) is 107 Å². The Morgan fingerprint density at radius 3 is 1.59 bits per heavy atom. The van der Waals surface area contributed by atoms with Crippen LogP contribution in [-0.2, 0) is 22.0 Å². The Hall–Kier alpha value is -5.45. The summed E-state index contributed by atoms with van der Waals surface area (Å²) in [5.74, 6) is -1.63. The third-order valence-electron chi connectivity index (χ3n) is 7.35. The number of hydrogen-bond donors (Lipinski definition) is 2. The van der Waals surface area contributed by atoms with Gasteiger partial charge in [0.25, 0.3) is 0 Å². The predicted octanol–water partition coefficient (Wildman–Crippen LogP) is 7.55. The Labute approximate surface area is 288 Å². The van der Waals surface area contributed by atoms with Crippen molar-refractivity contribution in [2.45, 2.75) is 12.4 Å². The first-order chi connectivity index (χ1) is 23.7. The van der Waals surface area contributed by atoms with Gasteiger partial charge in [-0.3, -0.25) is 4.90 Å². The molecule has 0 bridgehead atoms. The molecule has 11 heteroatoms.